The maximum atomic E-state index is 4.35. The second-order valence-electron chi connectivity index (χ2n) is 4.89. The van der Waals surface area contributed by atoms with E-state index in [0.29, 0.717) is 5.96 Å². The van der Waals surface area contributed by atoms with Crippen molar-refractivity contribution in [3.63, 3.8) is 0 Å². The summed E-state index contributed by atoms with van der Waals surface area (Å²) in [6.45, 7) is 7.16. The Kier molecular flexibility index (Phi) is 4.68. The SMILES string of the molecule is CCN(CC)c1ccc(N=NC2=N[NH+](C)CN2C)cc1. The first-order valence-electron chi connectivity index (χ1n) is 7.03. The van der Waals surface area contributed by atoms with Crippen molar-refractivity contribution in [3.8, 4) is 0 Å². The number of benzene rings is 1. The van der Waals surface area contributed by atoms with Crippen molar-refractivity contribution in [2.45, 2.75) is 13.8 Å². The second-order valence-corrected chi connectivity index (χ2v) is 4.89. The molecule has 1 aliphatic heterocycles. The van der Waals surface area contributed by atoms with Crippen LogP contribution < -0.4 is 9.91 Å². The highest BCUT2D eigenvalue weighted by molar-refractivity contribution is 5.80. The number of nitrogens with one attached hydrogen (secondary N) is 1. The Morgan fingerprint density at radius 3 is 2.35 bits per heavy atom. The lowest BCUT2D eigenvalue weighted by atomic mass is 10.2. The fourth-order valence-corrected chi connectivity index (χ4v) is 2.23. The van der Waals surface area contributed by atoms with E-state index in [-0.39, 0.29) is 0 Å². The van der Waals surface area contributed by atoms with Gasteiger partial charge in [-0.3, -0.25) is 4.90 Å². The summed E-state index contributed by atoms with van der Waals surface area (Å²) in [5.41, 5.74) is 2.06. The van der Waals surface area contributed by atoms with Crippen LogP contribution in [0.3, 0.4) is 0 Å². The van der Waals surface area contributed by atoms with Gasteiger partial charge in [0.2, 0.25) is 0 Å². The molecule has 0 spiro atoms. The average Bonchev–Trinajstić information content (AvgIpc) is 2.77. The summed E-state index contributed by atoms with van der Waals surface area (Å²) in [6.07, 6.45) is 0. The summed E-state index contributed by atoms with van der Waals surface area (Å²) >= 11 is 0. The zero-order valence-corrected chi connectivity index (χ0v) is 12.7. The molecule has 1 heterocycles. The number of anilines is 1. The van der Waals surface area contributed by atoms with Gasteiger partial charge in [0.25, 0.3) is 0 Å². The first-order valence-corrected chi connectivity index (χ1v) is 7.03. The fraction of sp³-hybridized carbons (Fsp3) is 0.500. The van der Waals surface area contributed by atoms with E-state index in [0.717, 1.165) is 30.5 Å². The van der Waals surface area contributed by atoms with E-state index < -0.39 is 0 Å². The van der Waals surface area contributed by atoms with Gasteiger partial charge in [0, 0.05) is 25.8 Å². The lowest BCUT2D eigenvalue weighted by Crippen LogP contribution is -3.03. The van der Waals surface area contributed by atoms with Gasteiger partial charge in [-0.25, -0.2) is 0 Å². The van der Waals surface area contributed by atoms with Crippen LogP contribution in [0.4, 0.5) is 11.4 Å². The maximum Gasteiger partial charge on any atom is 0.301 e. The zero-order valence-electron chi connectivity index (χ0n) is 12.7. The lowest BCUT2D eigenvalue weighted by molar-refractivity contribution is -0.887. The van der Waals surface area contributed by atoms with Crippen LogP contribution in [0.5, 0.6) is 0 Å². The molecule has 108 valence electrons. The first kappa shape index (κ1) is 14.5. The molecule has 1 unspecified atom stereocenters. The molecule has 1 aromatic carbocycles. The van der Waals surface area contributed by atoms with Crippen molar-refractivity contribution in [2.75, 3.05) is 38.8 Å². The van der Waals surface area contributed by atoms with Crippen molar-refractivity contribution >= 4 is 17.3 Å². The van der Waals surface area contributed by atoms with Gasteiger partial charge in [-0.05, 0) is 43.2 Å². The smallest absolute Gasteiger partial charge is 0.301 e. The molecule has 1 N–H and O–H groups in total. The minimum atomic E-state index is 0.676. The predicted octanol–water partition coefficient (Wildman–Crippen LogP) is 1.31. The normalized spacial score (nSPS) is 18.7. The lowest BCUT2D eigenvalue weighted by Gasteiger charge is -2.20. The minimum absolute atomic E-state index is 0.676. The van der Waals surface area contributed by atoms with Crippen LogP contribution in [0.15, 0.2) is 39.6 Å². The molecule has 20 heavy (non-hydrogen) atoms. The quantitative estimate of drug-likeness (QED) is 0.842. The van der Waals surface area contributed by atoms with Crippen LogP contribution in [0.1, 0.15) is 13.8 Å². The highest BCUT2D eigenvalue weighted by Crippen LogP contribution is 2.20. The van der Waals surface area contributed by atoms with E-state index >= 15 is 0 Å². The summed E-state index contributed by atoms with van der Waals surface area (Å²) in [5.74, 6) is 0.676. The molecule has 6 nitrogen and oxygen atoms in total. The highest BCUT2D eigenvalue weighted by atomic mass is 15.6. The van der Waals surface area contributed by atoms with E-state index in [2.05, 4.69) is 46.2 Å². The summed E-state index contributed by atoms with van der Waals surface area (Å²) in [5, 5.41) is 13.9. The number of hydrogen-bond acceptors (Lipinski definition) is 5. The molecule has 0 amide bonds. The van der Waals surface area contributed by atoms with Crippen molar-refractivity contribution in [3.05, 3.63) is 24.3 Å². The molecule has 1 atom stereocenters. The van der Waals surface area contributed by atoms with Crippen molar-refractivity contribution < 1.29 is 5.01 Å². The third kappa shape index (κ3) is 3.33. The largest absolute Gasteiger partial charge is 0.372 e. The number of guanidine groups is 1. The van der Waals surface area contributed by atoms with Gasteiger partial charge >= 0.3 is 5.96 Å². The van der Waals surface area contributed by atoms with Gasteiger partial charge in [-0.15, -0.1) is 10.2 Å². The van der Waals surface area contributed by atoms with Crippen molar-refractivity contribution in [1.29, 1.82) is 0 Å². The predicted molar refractivity (Wildman–Crippen MR) is 81.5 cm³/mol. The number of nitrogens with zero attached hydrogens (tertiary/aromatic N) is 5. The van der Waals surface area contributed by atoms with Gasteiger partial charge in [-0.2, -0.15) is 5.01 Å². The summed E-state index contributed by atoms with van der Waals surface area (Å²) < 4.78 is 0. The van der Waals surface area contributed by atoms with Crippen LogP contribution >= 0.6 is 0 Å². The molecule has 1 aliphatic rings. The molecular weight excluding hydrogens is 252 g/mol. The second kappa shape index (κ2) is 6.47. The number of hydrogen-bond donors (Lipinski definition) is 1. The van der Waals surface area contributed by atoms with Crippen LogP contribution in [0.25, 0.3) is 0 Å². The molecule has 6 heteroatoms. The molecule has 0 aliphatic carbocycles. The monoisotopic (exact) mass is 275 g/mol. The van der Waals surface area contributed by atoms with E-state index in [9.17, 15) is 0 Å². The van der Waals surface area contributed by atoms with E-state index in [1.807, 2.05) is 31.1 Å². The Hall–Kier alpha value is -1.95. The van der Waals surface area contributed by atoms with Crippen LogP contribution in [-0.2, 0) is 0 Å². The molecule has 0 fully saturated rings. The Labute approximate surface area is 120 Å². The first-order chi connectivity index (χ1) is 9.63. The third-order valence-corrected chi connectivity index (χ3v) is 3.33. The molecule has 0 radical (unpaired) electrons. The van der Waals surface area contributed by atoms with E-state index in [1.54, 1.807) is 0 Å². The summed E-state index contributed by atoms with van der Waals surface area (Å²) in [7, 11) is 3.97. The van der Waals surface area contributed by atoms with Gasteiger partial charge in [-0.1, -0.05) is 0 Å². The molecular formula is C14H23N6+. The van der Waals surface area contributed by atoms with Gasteiger partial charge in [0.1, 0.15) is 0 Å². The van der Waals surface area contributed by atoms with Crippen molar-refractivity contribution in [1.82, 2.24) is 4.90 Å². The molecule has 0 bridgehead atoms. The van der Waals surface area contributed by atoms with Gasteiger partial charge in [0.15, 0.2) is 6.67 Å². The number of rotatable bonds is 4. The standard InChI is InChI=1S/C14H22N6/c1-5-20(6-2)13-9-7-12(8-10-13)15-16-14-17-19(4)11-18(14)3/h7-10H,5-6,11H2,1-4H3/p+1. The summed E-state index contributed by atoms with van der Waals surface area (Å²) in [6, 6.07) is 8.14. The maximum absolute atomic E-state index is 4.35. The van der Waals surface area contributed by atoms with Crippen molar-refractivity contribution in [2.24, 2.45) is 15.3 Å². The zero-order chi connectivity index (χ0) is 14.5. The Balaban J connectivity index is 2.06. The van der Waals surface area contributed by atoms with E-state index in [4.69, 9.17) is 0 Å². The Morgan fingerprint density at radius 1 is 1.20 bits per heavy atom. The highest BCUT2D eigenvalue weighted by Gasteiger charge is 2.20. The number of quaternary nitrogens is 1. The topological polar surface area (TPSA) is 48.0 Å². The Bertz CT molecular complexity index is 489. The average molecular weight is 275 g/mol. The van der Waals surface area contributed by atoms with E-state index in [1.165, 1.54) is 5.69 Å². The van der Waals surface area contributed by atoms with Crippen LogP contribution in [0.2, 0.25) is 0 Å². The fourth-order valence-electron chi connectivity index (χ4n) is 2.23. The van der Waals surface area contributed by atoms with Gasteiger partial charge in [0.05, 0.1) is 12.7 Å². The molecule has 0 saturated heterocycles. The van der Waals surface area contributed by atoms with Crippen LogP contribution in [0, 0.1) is 0 Å². The molecule has 1 aromatic rings. The van der Waals surface area contributed by atoms with Crippen LogP contribution in [-0.4, -0.2) is 44.7 Å². The number of azo groups is 1. The van der Waals surface area contributed by atoms with Gasteiger partial charge < -0.3 is 4.90 Å². The molecule has 0 saturated carbocycles. The third-order valence-electron chi connectivity index (χ3n) is 3.33. The minimum Gasteiger partial charge on any atom is -0.372 e. The molecule has 2 rings (SSSR count). The Morgan fingerprint density at radius 2 is 1.85 bits per heavy atom. The molecule has 0 aromatic heterocycles. The summed E-state index contributed by atoms with van der Waals surface area (Å²) in [4.78, 5) is 4.29.